The molecule has 0 spiro atoms. The van der Waals surface area contributed by atoms with E-state index in [1.807, 2.05) is 11.4 Å². The highest BCUT2D eigenvalue weighted by Gasteiger charge is 2.12. The maximum Gasteiger partial charge on any atom is 0.233 e. The summed E-state index contributed by atoms with van der Waals surface area (Å²) in [5.41, 5.74) is 0. The van der Waals surface area contributed by atoms with E-state index in [1.54, 1.807) is 25.2 Å². The molecule has 0 atom stereocenters. The summed E-state index contributed by atoms with van der Waals surface area (Å²) in [7, 11) is 1.72. The third-order valence-corrected chi connectivity index (χ3v) is 3.36. The van der Waals surface area contributed by atoms with Crippen molar-refractivity contribution in [3.05, 3.63) is 41.5 Å². The monoisotopic (exact) mass is 275 g/mol. The van der Waals surface area contributed by atoms with Crippen molar-refractivity contribution in [1.82, 2.24) is 9.97 Å². The Morgan fingerprint density at radius 1 is 1.21 bits per heavy atom. The molecular formula is C13H10FN3OS. The van der Waals surface area contributed by atoms with Gasteiger partial charge in [-0.1, -0.05) is 12.1 Å². The van der Waals surface area contributed by atoms with Gasteiger partial charge in [0.1, 0.15) is 4.83 Å². The summed E-state index contributed by atoms with van der Waals surface area (Å²) in [4.78, 5) is 9.32. The SMILES string of the molecule is CNc1nc(Oc2ccccc2F)c2ccsc2n1. The van der Waals surface area contributed by atoms with Gasteiger partial charge in [0.15, 0.2) is 11.6 Å². The average molecular weight is 275 g/mol. The second-order valence-corrected chi connectivity index (χ2v) is 4.67. The van der Waals surface area contributed by atoms with Crippen molar-refractivity contribution in [2.45, 2.75) is 0 Å². The number of para-hydroxylation sites is 1. The van der Waals surface area contributed by atoms with Crippen LogP contribution in [0.1, 0.15) is 0 Å². The third kappa shape index (κ3) is 2.22. The first-order valence-corrected chi connectivity index (χ1v) is 6.51. The Morgan fingerprint density at radius 3 is 2.84 bits per heavy atom. The van der Waals surface area contributed by atoms with E-state index in [4.69, 9.17) is 4.74 Å². The number of rotatable bonds is 3. The van der Waals surface area contributed by atoms with Crippen LogP contribution >= 0.6 is 11.3 Å². The van der Waals surface area contributed by atoms with Gasteiger partial charge in [0, 0.05) is 7.05 Å². The van der Waals surface area contributed by atoms with Gasteiger partial charge in [0.05, 0.1) is 5.39 Å². The Kier molecular flexibility index (Phi) is 3.00. The molecule has 1 N–H and O–H groups in total. The van der Waals surface area contributed by atoms with Gasteiger partial charge < -0.3 is 10.1 Å². The fourth-order valence-electron chi connectivity index (χ4n) is 1.65. The van der Waals surface area contributed by atoms with Crippen molar-refractivity contribution in [2.75, 3.05) is 12.4 Å². The Bertz CT molecular complexity index is 729. The van der Waals surface area contributed by atoms with E-state index in [9.17, 15) is 4.39 Å². The molecule has 0 saturated carbocycles. The van der Waals surface area contributed by atoms with Crippen LogP contribution in [0, 0.1) is 5.82 Å². The Morgan fingerprint density at radius 2 is 2.05 bits per heavy atom. The van der Waals surface area contributed by atoms with E-state index in [1.165, 1.54) is 17.4 Å². The predicted octanol–water partition coefficient (Wildman–Crippen LogP) is 3.66. The van der Waals surface area contributed by atoms with Crippen molar-refractivity contribution >= 4 is 27.5 Å². The molecule has 0 radical (unpaired) electrons. The summed E-state index contributed by atoms with van der Waals surface area (Å²) in [5, 5.41) is 5.53. The minimum Gasteiger partial charge on any atom is -0.435 e. The first-order valence-electron chi connectivity index (χ1n) is 5.63. The molecule has 0 amide bonds. The number of hydrogen-bond acceptors (Lipinski definition) is 5. The molecule has 0 aliphatic carbocycles. The second kappa shape index (κ2) is 4.81. The molecule has 3 aromatic rings. The van der Waals surface area contributed by atoms with E-state index < -0.39 is 5.82 Å². The summed E-state index contributed by atoms with van der Waals surface area (Å²) < 4.78 is 19.2. The lowest BCUT2D eigenvalue weighted by Crippen LogP contribution is -1.98. The van der Waals surface area contributed by atoms with Gasteiger partial charge in [0.2, 0.25) is 11.8 Å². The first-order chi connectivity index (χ1) is 9.28. The van der Waals surface area contributed by atoms with E-state index in [2.05, 4.69) is 15.3 Å². The summed E-state index contributed by atoms with van der Waals surface area (Å²) in [6, 6.07) is 8.09. The molecule has 4 nitrogen and oxygen atoms in total. The fraction of sp³-hybridized carbons (Fsp3) is 0.0769. The molecule has 0 unspecified atom stereocenters. The molecule has 0 saturated heterocycles. The van der Waals surface area contributed by atoms with Crippen LogP contribution in [0.3, 0.4) is 0 Å². The maximum atomic E-state index is 13.6. The van der Waals surface area contributed by atoms with Gasteiger partial charge >= 0.3 is 0 Å². The summed E-state index contributed by atoms with van der Waals surface area (Å²) in [6.45, 7) is 0. The van der Waals surface area contributed by atoms with Crippen LogP contribution in [-0.2, 0) is 0 Å². The number of benzene rings is 1. The van der Waals surface area contributed by atoms with E-state index in [-0.39, 0.29) is 5.75 Å². The van der Waals surface area contributed by atoms with Crippen LogP contribution in [0.25, 0.3) is 10.2 Å². The zero-order chi connectivity index (χ0) is 13.2. The number of nitrogens with zero attached hydrogens (tertiary/aromatic N) is 2. The van der Waals surface area contributed by atoms with E-state index in [0.717, 1.165) is 10.2 Å². The molecule has 0 fully saturated rings. The minimum absolute atomic E-state index is 0.149. The Labute approximate surface area is 112 Å². The van der Waals surface area contributed by atoms with Gasteiger partial charge in [-0.05, 0) is 23.6 Å². The molecule has 1 aromatic carbocycles. The number of halogens is 1. The number of fused-ring (bicyclic) bond motifs is 1. The second-order valence-electron chi connectivity index (χ2n) is 3.77. The van der Waals surface area contributed by atoms with Gasteiger partial charge in [0.25, 0.3) is 0 Å². The fourth-order valence-corrected chi connectivity index (χ4v) is 2.40. The Hall–Kier alpha value is -2.21. The maximum absolute atomic E-state index is 13.6. The predicted molar refractivity (Wildman–Crippen MR) is 73.4 cm³/mol. The van der Waals surface area contributed by atoms with Gasteiger partial charge in [-0.25, -0.2) is 9.37 Å². The topological polar surface area (TPSA) is 47.0 Å². The van der Waals surface area contributed by atoms with Crippen LogP contribution < -0.4 is 10.1 Å². The highest BCUT2D eigenvalue weighted by molar-refractivity contribution is 7.16. The zero-order valence-electron chi connectivity index (χ0n) is 10.1. The first kappa shape index (κ1) is 11.9. The number of hydrogen-bond donors (Lipinski definition) is 1. The summed E-state index contributed by atoms with van der Waals surface area (Å²) in [5.74, 6) is 0.522. The molecule has 2 aromatic heterocycles. The van der Waals surface area contributed by atoms with Crippen LogP contribution in [0.5, 0.6) is 11.6 Å². The van der Waals surface area contributed by atoms with Crippen molar-refractivity contribution in [2.24, 2.45) is 0 Å². The quantitative estimate of drug-likeness (QED) is 0.792. The van der Waals surface area contributed by atoms with Crippen molar-refractivity contribution in [3.8, 4) is 11.6 Å². The largest absolute Gasteiger partial charge is 0.435 e. The van der Waals surface area contributed by atoms with Crippen molar-refractivity contribution < 1.29 is 9.13 Å². The minimum atomic E-state index is -0.421. The number of nitrogens with one attached hydrogen (secondary N) is 1. The Balaban J connectivity index is 2.09. The number of ether oxygens (including phenoxy) is 1. The number of aromatic nitrogens is 2. The van der Waals surface area contributed by atoms with Gasteiger partial charge in [-0.15, -0.1) is 11.3 Å². The van der Waals surface area contributed by atoms with Crippen LogP contribution in [0.2, 0.25) is 0 Å². The van der Waals surface area contributed by atoms with Gasteiger partial charge in [-0.3, -0.25) is 0 Å². The molecular weight excluding hydrogens is 265 g/mol. The smallest absolute Gasteiger partial charge is 0.233 e. The number of anilines is 1. The summed E-state index contributed by atoms with van der Waals surface area (Å²) in [6.07, 6.45) is 0. The lowest BCUT2D eigenvalue weighted by atomic mass is 10.3. The molecule has 0 bridgehead atoms. The molecule has 0 aliphatic heterocycles. The van der Waals surface area contributed by atoms with Crippen LogP contribution in [0.15, 0.2) is 35.7 Å². The normalized spacial score (nSPS) is 10.6. The van der Waals surface area contributed by atoms with E-state index in [0.29, 0.717) is 11.8 Å². The molecule has 19 heavy (non-hydrogen) atoms. The highest BCUT2D eigenvalue weighted by atomic mass is 32.1. The lowest BCUT2D eigenvalue weighted by molar-refractivity contribution is 0.432. The van der Waals surface area contributed by atoms with Gasteiger partial charge in [-0.2, -0.15) is 4.98 Å². The van der Waals surface area contributed by atoms with Crippen molar-refractivity contribution in [1.29, 1.82) is 0 Å². The molecule has 3 rings (SSSR count). The zero-order valence-corrected chi connectivity index (χ0v) is 10.9. The van der Waals surface area contributed by atoms with Crippen LogP contribution in [-0.4, -0.2) is 17.0 Å². The number of thiophene rings is 1. The lowest BCUT2D eigenvalue weighted by Gasteiger charge is -2.08. The van der Waals surface area contributed by atoms with Crippen molar-refractivity contribution in [3.63, 3.8) is 0 Å². The average Bonchev–Trinajstić information content (AvgIpc) is 2.89. The van der Waals surface area contributed by atoms with Crippen LogP contribution in [0.4, 0.5) is 10.3 Å². The molecule has 96 valence electrons. The standard InChI is InChI=1S/C13H10FN3OS/c1-15-13-16-11(8-6-7-19-12(8)17-13)18-10-5-3-2-4-9(10)14/h2-7H,1H3,(H,15,16,17). The summed E-state index contributed by atoms with van der Waals surface area (Å²) >= 11 is 1.48. The highest BCUT2D eigenvalue weighted by Crippen LogP contribution is 2.32. The molecule has 0 aliphatic rings. The molecule has 2 heterocycles. The molecule has 6 heteroatoms. The third-order valence-electron chi connectivity index (χ3n) is 2.56. The van der Waals surface area contributed by atoms with E-state index >= 15 is 0 Å².